The van der Waals surface area contributed by atoms with Crippen LogP contribution in [0.3, 0.4) is 0 Å². The normalized spacial score (nSPS) is 14.9. The predicted molar refractivity (Wildman–Crippen MR) is 93.3 cm³/mol. The van der Waals surface area contributed by atoms with Crippen molar-refractivity contribution in [1.29, 1.82) is 0 Å². The SMILES string of the molecule is Cc1cccc([C@@](C)(O)[C@@H](c2ccccc2)c2ccccn2)c1. The number of pyridine rings is 1. The summed E-state index contributed by atoms with van der Waals surface area (Å²) in [6.45, 7) is 3.91. The molecule has 0 fully saturated rings. The maximum Gasteiger partial charge on any atom is 0.0992 e. The van der Waals surface area contributed by atoms with Gasteiger partial charge >= 0.3 is 0 Å². The highest BCUT2D eigenvalue weighted by atomic mass is 16.3. The standard InChI is InChI=1S/C21H21NO/c1-16-9-8-12-18(15-16)21(2,23)20(17-10-4-3-5-11-17)19-13-6-7-14-22-19/h3-15,20,23H,1-2H3/t20-,21+/m0/s1. The molecule has 1 N–H and O–H groups in total. The summed E-state index contributed by atoms with van der Waals surface area (Å²) in [7, 11) is 0. The molecule has 1 heterocycles. The predicted octanol–water partition coefficient (Wildman–Crippen LogP) is 4.43. The van der Waals surface area contributed by atoms with E-state index in [9.17, 15) is 5.11 Å². The van der Waals surface area contributed by atoms with E-state index in [-0.39, 0.29) is 5.92 Å². The molecule has 2 aromatic carbocycles. The third-order valence-corrected chi connectivity index (χ3v) is 4.28. The van der Waals surface area contributed by atoms with E-state index in [0.29, 0.717) is 0 Å². The molecular formula is C21H21NO. The fourth-order valence-electron chi connectivity index (χ4n) is 3.10. The average Bonchev–Trinajstić information content (AvgIpc) is 2.57. The molecule has 23 heavy (non-hydrogen) atoms. The Hall–Kier alpha value is -2.45. The lowest BCUT2D eigenvalue weighted by Crippen LogP contribution is -2.31. The van der Waals surface area contributed by atoms with E-state index in [0.717, 1.165) is 22.4 Å². The molecule has 0 amide bonds. The molecule has 0 saturated heterocycles. The van der Waals surface area contributed by atoms with Crippen molar-refractivity contribution in [3.8, 4) is 0 Å². The van der Waals surface area contributed by atoms with Gasteiger partial charge in [0.1, 0.15) is 0 Å². The molecule has 0 aliphatic rings. The second kappa shape index (κ2) is 6.35. The smallest absolute Gasteiger partial charge is 0.0992 e. The molecular weight excluding hydrogens is 282 g/mol. The minimum absolute atomic E-state index is 0.230. The maximum atomic E-state index is 11.4. The van der Waals surface area contributed by atoms with Gasteiger partial charge in [-0.2, -0.15) is 0 Å². The van der Waals surface area contributed by atoms with E-state index in [2.05, 4.69) is 4.98 Å². The van der Waals surface area contributed by atoms with Crippen LogP contribution in [-0.2, 0) is 5.60 Å². The molecule has 0 bridgehead atoms. The van der Waals surface area contributed by atoms with E-state index >= 15 is 0 Å². The van der Waals surface area contributed by atoms with Crippen molar-refractivity contribution in [1.82, 2.24) is 4.98 Å². The number of aliphatic hydroxyl groups is 1. The minimum Gasteiger partial charge on any atom is -0.384 e. The second-order valence-corrected chi connectivity index (χ2v) is 6.12. The number of benzene rings is 2. The van der Waals surface area contributed by atoms with E-state index in [4.69, 9.17) is 0 Å². The summed E-state index contributed by atoms with van der Waals surface area (Å²) in [5, 5.41) is 11.4. The Kier molecular flexibility index (Phi) is 4.26. The molecule has 3 aromatic rings. The van der Waals surface area contributed by atoms with Crippen molar-refractivity contribution in [2.45, 2.75) is 25.4 Å². The second-order valence-electron chi connectivity index (χ2n) is 6.12. The third-order valence-electron chi connectivity index (χ3n) is 4.28. The van der Waals surface area contributed by atoms with Gasteiger partial charge in [-0.3, -0.25) is 4.98 Å². The van der Waals surface area contributed by atoms with Crippen LogP contribution in [0.5, 0.6) is 0 Å². The van der Waals surface area contributed by atoms with Crippen LogP contribution in [0.4, 0.5) is 0 Å². The van der Waals surface area contributed by atoms with Crippen molar-refractivity contribution >= 4 is 0 Å². The quantitative estimate of drug-likeness (QED) is 0.773. The first-order valence-electron chi connectivity index (χ1n) is 7.84. The molecule has 0 aliphatic heterocycles. The topological polar surface area (TPSA) is 33.1 Å². The van der Waals surface area contributed by atoms with Crippen molar-refractivity contribution in [3.63, 3.8) is 0 Å². The Morgan fingerprint density at radius 1 is 0.913 bits per heavy atom. The summed E-state index contributed by atoms with van der Waals surface area (Å²) in [5.74, 6) is -0.230. The fraction of sp³-hybridized carbons (Fsp3) is 0.190. The Balaban J connectivity index is 2.15. The zero-order chi connectivity index (χ0) is 16.3. The van der Waals surface area contributed by atoms with Crippen LogP contribution in [0.1, 0.15) is 35.2 Å². The monoisotopic (exact) mass is 303 g/mol. The molecule has 0 spiro atoms. The molecule has 0 saturated carbocycles. The summed E-state index contributed by atoms with van der Waals surface area (Å²) < 4.78 is 0. The van der Waals surface area contributed by atoms with Crippen LogP contribution in [0.25, 0.3) is 0 Å². The van der Waals surface area contributed by atoms with Crippen LogP contribution < -0.4 is 0 Å². The zero-order valence-corrected chi connectivity index (χ0v) is 13.5. The molecule has 2 heteroatoms. The first-order chi connectivity index (χ1) is 11.1. The highest BCUT2D eigenvalue weighted by Gasteiger charge is 2.37. The van der Waals surface area contributed by atoms with Crippen LogP contribution in [0.15, 0.2) is 79.0 Å². The number of hydrogen-bond acceptors (Lipinski definition) is 2. The molecule has 0 radical (unpaired) electrons. The Morgan fingerprint density at radius 2 is 1.65 bits per heavy atom. The van der Waals surface area contributed by atoms with Gasteiger partial charge in [0, 0.05) is 6.20 Å². The molecule has 1 aromatic heterocycles. The van der Waals surface area contributed by atoms with Crippen LogP contribution in [0, 0.1) is 6.92 Å². The van der Waals surface area contributed by atoms with Gasteiger partial charge in [-0.25, -0.2) is 0 Å². The van der Waals surface area contributed by atoms with Gasteiger partial charge in [-0.15, -0.1) is 0 Å². The first kappa shape index (κ1) is 15.4. The van der Waals surface area contributed by atoms with Crippen LogP contribution in [-0.4, -0.2) is 10.1 Å². The van der Waals surface area contributed by atoms with Gasteiger partial charge < -0.3 is 5.11 Å². The molecule has 2 nitrogen and oxygen atoms in total. The van der Waals surface area contributed by atoms with E-state index in [1.807, 2.05) is 86.6 Å². The van der Waals surface area contributed by atoms with E-state index in [1.54, 1.807) is 6.20 Å². The number of nitrogens with zero attached hydrogens (tertiary/aromatic N) is 1. The van der Waals surface area contributed by atoms with Crippen molar-refractivity contribution in [2.75, 3.05) is 0 Å². The van der Waals surface area contributed by atoms with Gasteiger partial charge in [0.2, 0.25) is 0 Å². The molecule has 0 aliphatic carbocycles. The van der Waals surface area contributed by atoms with Crippen molar-refractivity contribution in [3.05, 3.63) is 101 Å². The van der Waals surface area contributed by atoms with Gasteiger partial charge in [0.05, 0.1) is 17.2 Å². The molecule has 0 unspecified atom stereocenters. The number of aryl methyl sites for hydroxylation is 1. The Labute approximate surface area is 137 Å². The van der Waals surface area contributed by atoms with Crippen molar-refractivity contribution < 1.29 is 5.11 Å². The lowest BCUT2D eigenvalue weighted by Gasteiger charge is -2.34. The minimum atomic E-state index is -1.05. The van der Waals surface area contributed by atoms with Crippen molar-refractivity contribution in [2.24, 2.45) is 0 Å². The maximum absolute atomic E-state index is 11.4. The van der Waals surface area contributed by atoms with Gasteiger partial charge in [0.15, 0.2) is 0 Å². The van der Waals surface area contributed by atoms with Gasteiger partial charge in [0.25, 0.3) is 0 Å². The Bertz CT molecular complexity index is 727. The summed E-state index contributed by atoms with van der Waals surface area (Å²) in [6.07, 6.45) is 1.78. The average molecular weight is 303 g/mol. The van der Waals surface area contributed by atoms with Crippen LogP contribution in [0.2, 0.25) is 0 Å². The molecule has 2 atom stereocenters. The highest BCUT2D eigenvalue weighted by molar-refractivity contribution is 5.38. The van der Waals surface area contributed by atoms with Gasteiger partial charge in [-0.05, 0) is 37.1 Å². The number of hydrogen-bond donors (Lipinski definition) is 1. The van der Waals surface area contributed by atoms with Gasteiger partial charge in [-0.1, -0.05) is 66.2 Å². The summed E-state index contributed by atoms with van der Waals surface area (Å²) in [6, 6.07) is 23.9. The summed E-state index contributed by atoms with van der Waals surface area (Å²) in [4.78, 5) is 4.51. The number of rotatable bonds is 4. The lowest BCUT2D eigenvalue weighted by molar-refractivity contribution is 0.0380. The lowest BCUT2D eigenvalue weighted by atomic mass is 9.76. The highest BCUT2D eigenvalue weighted by Crippen LogP contribution is 2.40. The zero-order valence-electron chi connectivity index (χ0n) is 13.5. The summed E-state index contributed by atoms with van der Waals surface area (Å²) >= 11 is 0. The molecule has 116 valence electrons. The Morgan fingerprint density at radius 3 is 2.30 bits per heavy atom. The van der Waals surface area contributed by atoms with E-state index < -0.39 is 5.60 Å². The number of aromatic nitrogens is 1. The summed E-state index contributed by atoms with van der Waals surface area (Å²) in [5.41, 5.74) is 2.90. The largest absolute Gasteiger partial charge is 0.384 e. The first-order valence-corrected chi connectivity index (χ1v) is 7.84. The van der Waals surface area contributed by atoms with Crippen LogP contribution >= 0.6 is 0 Å². The van der Waals surface area contributed by atoms with E-state index in [1.165, 1.54) is 0 Å². The fourth-order valence-corrected chi connectivity index (χ4v) is 3.10. The third kappa shape index (κ3) is 3.17. The molecule has 3 rings (SSSR count).